The molecule has 4 nitrogen and oxygen atoms in total. The Hall–Kier alpha value is -1.73. The van der Waals surface area contributed by atoms with E-state index in [1.807, 2.05) is 0 Å². The van der Waals surface area contributed by atoms with Crippen molar-refractivity contribution in [3.05, 3.63) is 46.6 Å². The normalized spacial score (nSPS) is 12.2. The number of ether oxygens (including phenoxy) is 1. The van der Waals surface area contributed by atoms with Crippen molar-refractivity contribution in [1.82, 2.24) is 0 Å². The molecule has 7 heteroatoms. The summed E-state index contributed by atoms with van der Waals surface area (Å²) in [5, 5.41) is 0. The van der Waals surface area contributed by atoms with Gasteiger partial charge in [-0.3, -0.25) is 0 Å². The van der Waals surface area contributed by atoms with Gasteiger partial charge in [-0.05, 0) is 63.6 Å². The molecular weight excluding hydrogens is 339 g/mol. The summed E-state index contributed by atoms with van der Waals surface area (Å²) in [5.74, 6) is -1.07. The van der Waals surface area contributed by atoms with Crippen LogP contribution in [0, 0.1) is 12.7 Å². The quantitative estimate of drug-likeness (QED) is 0.616. The summed E-state index contributed by atoms with van der Waals surface area (Å²) in [5.41, 5.74) is -0.342. The third-order valence-electron chi connectivity index (χ3n) is 2.87. The number of aryl methyl sites for hydroxylation is 1. The first-order valence-corrected chi connectivity index (χ1v) is 9.15. The van der Waals surface area contributed by atoms with Gasteiger partial charge in [0.25, 0.3) is 0 Å². The molecule has 0 aliphatic carbocycles. The first kappa shape index (κ1) is 17.6. The van der Waals surface area contributed by atoms with Gasteiger partial charge in [-0.15, -0.1) is 11.3 Å². The summed E-state index contributed by atoms with van der Waals surface area (Å²) in [6, 6.07) is 6.27. The summed E-state index contributed by atoms with van der Waals surface area (Å²) in [6.45, 7) is 6.73. The Morgan fingerprint density at radius 2 is 1.83 bits per heavy atom. The average molecular weight is 356 g/mol. The van der Waals surface area contributed by atoms with Crippen molar-refractivity contribution >= 4 is 27.1 Å². The first-order chi connectivity index (χ1) is 10.5. The van der Waals surface area contributed by atoms with Crippen LogP contribution in [0.15, 0.2) is 39.4 Å². The number of carbonyl (C=O) groups excluding carboxylic acids is 1. The van der Waals surface area contributed by atoms with Gasteiger partial charge in [0.2, 0.25) is 9.84 Å². The fourth-order valence-electron chi connectivity index (χ4n) is 1.93. The van der Waals surface area contributed by atoms with Gasteiger partial charge in [-0.1, -0.05) is 0 Å². The molecule has 2 rings (SSSR count). The number of thiophene rings is 1. The van der Waals surface area contributed by atoms with Crippen LogP contribution in [0.1, 0.15) is 36.0 Å². The minimum Gasteiger partial charge on any atom is -0.456 e. The molecule has 1 heterocycles. The third kappa shape index (κ3) is 3.97. The predicted molar refractivity (Wildman–Crippen MR) is 86.1 cm³/mol. The number of hydrogen-bond acceptors (Lipinski definition) is 5. The van der Waals surface area contributed by atoms with Gasteiger partial charge in [0.15, 0.2) is 0 Å². The smallest absolute Gasteiger partial charge is 0.348 e. The summed E-state index contributed by atoms with van der Waals surface area (Å²) < 4.78 is 43.6. The van der Waals surface area contributed by atoms with Crippen molar-refractivity contribution < 1.29 is 22.3 Å². The molecule has 0 saturated heterocycles. The zero-order chi connectivity index (χ0) is 17.4. The average Bonchev–Trinajstić information content (AvgIpc) is 2.86. The summed E-state index contributed by atoms with van der Waals surface area (Å²) >= 11 is 0.840. The van der Waals surface area contributed by atoms with Gasteiger partial charge in [-0.2, -0.15) is 0 Å². The number of hydrogen-bond donors (Lipinski definition) is 0. The Morgan fingerprint density at radius 3 is 2.39 bits per heavy atom. The molecule has 124 valence electrons. The van der Waals surface area contributed by atoms with Gasteiger partial charge in [0.1, 0.15) is 20.5 Å². The molecule has 0 atom stereocenters. The second kappa shape index (κ2) is 6.05. The van der Waals surface area contributed by atoms with Crippen molar-refractivity contribution in [2.24, 2.45) is 0 Å². The summed E-state index contributed by atoms with van der Waals surface area (Å²) in [6.07, 6.45) is 0. The minimum atomic E-state index is -3.80. The van der Waals surface area contributed by atoms with Gasteiger partial charge in [-0.25, -0.2) is 17.6 Å². The molecule has 1 aromatic heterocycles. The number of rotatable bonds is 3. The van der Waals surface area contributed by atoms with E-state index < -0.39 is 27.2 Å². The van der Waals surface area contributed by atoms with E-state index in [4.69, 9.17) is 4.74 Å². The molecule has 0 unspecified atom stereocenters. The van der Waals surface area contributed by atoms with E-state index in [9.17, 15) is 17.6 Å². The van der Waals surface area contributed by atoms with Gasteiger partial charge >= 0.3 is 5.97 Å². The zero-order valence-electron chi connectivity index (χ0n) is 13.2. The summed E-state index contributed by atoms with van der Waals surface area (Å²) in [4.78, 5) is 12.2. The predicted octanol–water partition coefficient (Wildman–Crippen LogP) is 3.98. The molecule has 1 aromatic carbocycles. The lowest BCUT2D eigenvalue weighted by atomic mass is 10.2. The fraction of sp³-hybridized carbons (Fsp3) is 0.312. The first-order valence-electron chi connectivity index (χ1n) is 6.85. The van der Waals surface area contributed by atoms with Gasteiger partial charge in [0.05, 0.1) is 4.90 Å². The van der Waals surface area contributed by atoms with Crippen LogP contribution in [0.4, 0.5) is 4.39 Å². The van der Waals surface area contributed by atoms with Crippen molar-refractivity contribution in [1.29, 1.82) is 0 Å². The van der Waals surface area contributed by atoms with E-state index in [1.165, 1.54) is 25.1 Å². The van der Waals surface area contributed by atoms with Gasteiger partial charge in [0, 0.05) is 0 Å². The highest BCUT2D eigenvalue weighted by Crippen LogP contribution is 2.30. The maximum absolute atomic E-state index is 13.2. The van der Waals surface area contributed by atoms with Crippen LogP contribution in [-0.4, -0.2) is 20.0 Å². The SMILES string of the molecule is Cc1cc(F)ccc1S(=O)(=O)c1ccc(C(=O)OC(C)(C)C)s1. The second-order valence-corrected chi connectivity index (χ2v) is 9.26. The standard InChI is InChI=1S/C16H17FO4S2/c1-10-9-11(17)5-7-13(10)23(19,20)14-8-6-12(22-14)15(18)21-16(2,3)4/h5-9H,1-4H3. The van der Waals surface area contributed by atoms with Crippen LogP contribution < -0.4 is 0 Å². The topological polar surface area (TPSA) is 60.4 Å². The Kier molecular flexibility index (Phi) is 4.64. The number of sulfone groups is 1. The number of esters is 1. The lowest BCUT2D eigenvalue weighted by Gasteiger charge is -2.18. The van der Waals surface area contributed by atoms with Crippen molar-refractivity contribution in [3.63, 3.8) is 0 Å². The minimum absolute atomic E-state index is 0.0214. The molecule has 0 aliphatic heterocycles. The van der Waals surface area contributed by atoms with Gasteiger partial charge < -0.3 is 4.74 Å². The highest BCUT2D eigenvalue weighted by Gasteiger charge is 2.25. The van der Waals surface area contributed by atoms with E-state index in [2.05, 4.69) is 0 Å². The maximum atomic E-state index is 13.2. The van der Waals surface area contributed by atoms with Crippen LogP contribution in [0.5, 0.6) is 0 Å². The monoisotopic (exact) mass is 356 g/mol. The molecule has 0 amide bonds. The summed E-state index contributed by atoms with van der Waals surface area (Å²) in [7, 11) is -3.80. The maximum Gasteiger partial charge on any atom is 0.348 e. The van der Waals surface area contributed by atoms with Crippen molar-refractivity contribution in [3.8, 4) is 0 Å². The second-order valence-electron chi connectivity index (χ2n) is 6.03. The molecule has 0 bridgehead atoms. The molecule has 2 aromatic rings. The number of carbonyl (C=O) groups is 1. The van der Waals surface area contributed by atoms with Crippen molar-refractivity contribution in [2.45, 2.75) is 42.4 Å². The van der Waals surface area contributed by atoms with E-state index >= 15 is 0 Å². The highest BCUT2D eigenvalue weighted by molar-refractivity contribution is 7.93. The van der Waals surface area contributed by atoms with Crippen LogP contribution in [0.2, 0.25) is 0 Å². The van der Waals surface area contributed by atoms with E-state index in [1.54, 1.807) is 20.8 Å². The molecule has 0 aliphatic rings. The molecule has 23 heavy (non-hydrogen) atoms. The van der Waals surface area contributed by atoms with E-state index in [0.29, 0.717) is 5.56 Å². The Balaban J connectivity index is 2.37. The Morgan fingerprint density at radius 1 is 1.17 bits per heavy atom. The molecule has 0 saturated carbocycles. The van der Waals surface area contributed by atoms with Crippen LogP contribution in [-0.2, 0) is 14.6 Å². The lowest BCUT2D eigenvalue weighted by molar-refractivity contribution is 0.00752. The van der Waals surface area contributed by atoms with E-state index in [-0.39, 0.29) is 14.0 Å². The molecule has 0 N–H and O–H groups in total. The highest BCUT2D eigenvalue weighted by atomic mass is 32.2. The number of halogens is 1. The number of benzene rings is 1. The van der Waals surface area contributed by atoms with Crippen molar-refractivity contribution in [2.75, 3.05) is 0 Å². The van der Waals surface area contributed by atoms with E-state index in [0.717, 1.165) is 23.5 Å². The fourth-order valence-corrected chi connectivity index (χ4v) is 4.71. The molecule has 0 radical (unpaired) electrons. The van der Waals surface area contributed by atoms with Crippen LogP contribution >= 0.6 is 11.3 Å². The zero-order valence-corrected chi connectivity index (χ0v) is 14.8. The molecule has 0 fully saturated rings. The Labute approximate surface area is 138 Å². The molecular formula is C16H17FO4S2. The lowest BCUT2D eigenvalue weighted by Crippen LogP contribution is -2.23. The van der Waals surface area contributed by atoms with Crippen LogP contribution in [0.25, 0.3) is 0 Å². The Bertz CT molecular complexity index is 845. The third-order valence-corrected chi connectivity index (χ3v) is 6.34. The van der Waals surface area contributed by atoms with Crippen LogP contribution in [0.3, 0.4) is 0 Å². The molecule has 0 spiro atoms. The largest absolute Gasteiger partial charge is 0.456 e.